The van der Waals surface area contributed by atoms with Gasteiger partial charge < -0.3 is 14.5 Å². The molecule has 1 saturated carbocycles. The highest BCUT2D eigenvalue weighted by atomic mass is 16.6. The van der Waals surface area contributed by atoms with Crippen LogP contribution in [0.15, 0.2) is 36.9 Å². The van der Waals surface area contributed by atoms with Crippen LogP contribution >= 0.6 is 0 Å². The van der Waals surface area contributed by atoms with Crippen molar-refractivity contribution in [2.24, 2.45) is 13.0 Å². The average molecular weight is 394 g/mol. The quantitative estimate of drug-likeness (QED) is 0.683. The van der Waals surface area contributed by atoms with Crippen LogP contribution in [-0.2, 0) is 11.8 Å². The Morgan fingerprint density at radius 3 is 2.52 bits per heavy atom. The average Bonchev–Trinajstić information content (AvgIpc) is 3.32. The van der Waals surface area contributed by atoms with Gasteiger partial charge in [0.05, 0.1) is 23.6 Å². The predicted octanol–water partition coefficient (Wildman–Crippen LogP) is 2.79. The van der Waals surface area contributed by atoms with Gasteiger partial charge in [0.2, 0.25) is 0 Å². The zero-order valence-electron chi connectivity index (χ0n) is 16.9. The summed E-state index contributed by atoms with van der Waals surface area (Å²) in [4.78, 5) is 16.5. The largest absolute Gasteiger partial charge is 0.446 e. The number of aryl methyl sites for hydroxylation is 1. The van der Waals surface area contributed by atoms with E-state index in [0.29, 0.717) is 19.0 Å². The van der Waals surface area contributed by atoms with E-state index >= 15 is 0 Å². The third-order valence-corrected chi connectivity index (χ3v) is 6.01. The standard InChI is InChI=1S/C21H26N6O2/c1-15-9-18(10-15)29-21(28)26-7-5-25(6-8-26)20-12-23-27-14-16(3-4-19(20)27)17-11-22-24(2)13-17/h3-4,11-15,18H,5-10H2,1-2H3. The van der Waals surface area contributed by atoms with E-state index in [-0.39, 0.29) is 12.2 Å². The molecule has 29 heavy (non-hydrogen) atoms. The molecule has 2 fully saturated rings. The topological polar surface area (TPSA) is 67.9 Å². The highest BCUT2D eigenvalue weighted by Crippen LogP contribution is 2.30. The van der Waals surface area contributed by atoms with Crippen LogP contribution in [-0.4, -0.2) is 62.7 Å². The van der Waals surface area contributed by atoms with Crippen LogP contribution in [0.2, 0.25) is 0 Å². The Hall–Kier alpha value is -3.03. The lowest BCUT2D eigenvalue weighted by molar-refractivity contribution is 0.00260. The molecule has 0 spiro atoms. The summed E-state index contributed by atoms with van der Waals surface area (Å²) in [5.41, 5.74) is 4.32. The van der Waals surface area contributed by atoms with Crippen molar-refractivity contribution >= 4 is 17.3 Å². The number of hydrogen-bond donors (Lipinski definition) is 0. The summed E-state index contributed by atoms with van der Waals surface area (Å²) >= 11 is 0. The number of rotatable bonds is 3. The Bertz CT molecular complexity index is 1030. The van der Waals surface area contributed by atoms with Gasteiger partial charge in [-0.1, -0.05) is 13.0 Å². The Labute approximate surface area is 169 Å². The van der Waals surface area contributed by atoms with Crippen molar-refractivity contribution in [3.8, 4) is 11.1 Å². The van der Waals surface area contributed by atoms with Crippen molar-refractivity contribution in [1.29, 1.82) is 0 Å². The van der Waals surface area contributed by atoms with Crippen LogP contribution in [0, 0.1) is 5.92 Å². The molecular weight excluding hydrogens is 368 g/mol. The summed E-state index contributed by atoms with van der Waals surface area (Å²) in [6, 6.07) is 4.20. The second kappa shape index (κ2) is 7.09. The first kappa shape index (κ1) is 18.0. The first-order chi connectivity index (χ1) is 14.1. The molecule has 4 heterocycles. The van der Waals surface area contributed by atoms with Crippen LogP contribution in [0.3, 0.4) is 0 Å². The Balaban J connectivity index is 1.25. The van der Waals surface area contributed by atoms with E-state index in [1.807, 2.05) is 41.3 Å². The third kappa shape index (κ3) is 3.43. The van der Waals surface area contributed by atoms with Gasteiger partial charge in [-0.3, -0.25) is 4.68 Å². The number of amides is 1. The summed E-state index contributed by atoms with van der Waals surface area (Å²) in [7, 11) is 1.91. The molecule has 0 unspecified atom stereocenters. The number of aromatic nitrogens is 4. The lowest BCUT2D eigenvalue weighted by atomic mass is 9.84. The number of nitrogens with zero attached hydrogens (tertiary/aromatic N) is 6. The second-order valence-corrected chi connectivity index (χ2v) is 8.24. The maximum Gasteiger partial charge on any atom is 0.410 e. The maximum atomic E-state index is 12.3. The number of anilines is 1. The molecule has 0 aromatic carbocycles. The van der Waals surface area contributed by atoms with Crippen molar-refractivity contribution in [3.63, 3.8) is 0 Å². The molecule has 8 nitrogen and oxygen atoms in total. The number of carbonyl (C=O) groups excluding carboxylic acids is 1. The molecule has 1 saturated heterocycles. The van der Waals surface area contributed by atoms with Gasteiger partial charge in [0.15, 0.2) is 0 Å². The van der Waals surface area contributed by atoms with Crippen molar-refractivity contribution in [2.45, 2.75) is 25.9 Å². The summed E-state index contributed by atoms with van der Waals surface area (Å²) < 4.78 is 9.30. The van der Waals surface area contributed by atoms with E-state index < -0.39 is 0 Å². The van der Waals surface area contributed by atoms with Gasteiger partial charge in [-0.05, 0) is 24.8 Å². The predicted molar refractivity (Wildman–Crippen MR) is 110 cm³/mol. The molecule has 0 radical (unpaired) electrons. The minimum absolute atomic E-state index is 0.115. The van der Waals surface area contributed by atoms with Crippen LogP contribution in [0.25, 0.3) is 16.6 Å². The van der Waals surface area contributed by atoms with Gasteiger partial charge in [0, 0.05) is 56.7 Å². The van der Waals surface area contributed by atoms with Gasteiger partial charge in [-0.15, -0.1) is 0 Å². The molecule has 8 heteroatoms. The number of pyridine rings is 1. The summed E-state index contributed by atoms with van der Waals surface area (Å²) in [6.45, 7) is 5.10. The van der Waals surface area contributed by atoms with Crippen molar-refractivity contribution in [1.82, 2.24) is 24.3 Å². The molecule has 2 aliphatic rings. The molecule has 0 atom stereocenters. The highest BCUT2D eigenvalue weighted by molar-refractivity contribution is 5.76. The molecule has 0 N–H and O–H groups in total. The molecule has 1 aliphatic carbocycles. The number of carbonyl (C=O) groups is 1. The van der Waals surface area contributed by atoms with Gasteiger partial charge in [0.25, 0.3) is 0 Å². The number of piperazine rings is 1. The van der Waals surface area contributed by atoms with E-state index in [9.17, 15) is 4.79 Å². The van der Waals surface area contributed by atoms with E-state index in [0.717, 1.165) is 48.3 Å². The number of fused-ring (bicyclic) bond motifs is 1. The van der Waals surface area contributed by atoms with Crippen molar-refractivity contribution in [2.75, 3.05) is 31.1 Å². The van der Waals surface area contributed by atoms with Crippen molar-refractivity contribution < 1.29 is 9.53 Å². The highest BCUT2D eigenvalue weighted by Gasteiger charge is 2.31. The Kier molecular flexibility index (Phi) is 4.41. The SMILES string of the molecule is CC1CC(OC(=O)N2CCN(c3cnn4cc(-c5cnn(C)c5)ccc34)CC2)C1. The monoisotopic (exact) mass is 394 g/mol. The zero-order chi connectivity index (χ0) is 20.0. The fraction of sp³-hybridized carbons (Fsp3) is 0.476. The lowest BCUT2D eigenvalue weighted by Gasteiger charge is -2.38. The Morgan fingerprint density at radius 2 is 1.83 bits per heavy atom. The molecular formula is C21H26N6O2. The van der Waals surface area contributed by atoms with Gasteiger partial charge in [-0.2, -0.15) is 10.2 Å². The second-order valence-electron chi connectivity index (χ2n) is 8.24. The normalized spacial score (nSPS) is 22.0. The van der Waals surface area contributed by atoms with Crippen molar-refractivity contribution in [3.05, 3.63) is 36.9 Å². The van der Waals surface area contributed by atoms with Crippen LogP contribution in [0.4, 0.5) is 10.5 Å². The van der Waals surface area contributed by atoms with Crippen LogP contribution in [0.5, 0.6) is 0 Å². The Morgan fingerprint density at radius 1 is 1.03 bits per heavy atom. The van der Waals surface area contributed by atoms with E-state index in [2.05, 4.69) is 34.2 Å². The number of hydrogen-bond acceptors (Lipinski definition) is 5. The molecule has 152 valence electrons. The van der Waals surface area contributed by atoms with E-state index in [1.54, 1.807) is 4.68 Å². The minimum atomic E-state index is -0.164. The van der Waals surface area contributed by atoms with Crippen LogP contribution < -0.4 is 4.90 Å². The minimum Gasteiger partial charge on any atom is -0.446 e. The summed E-state index contributed by atoms with van der Waals surface area (Å²) in [6.07, 6.45) is 9.73. The summed E-state index contributed by atoms with van der Waals surface area (Å²) in [5, 5.41) is 8.79. The molecule has 3 aromatic rings. The number of ether oxygens (including phenoxy) is 1. The zero-order valence-corrected chi connectivity index (χ0v) is 16.9. The molecule has 5 rings (SSSR count). The first-order valence-electron chi connectivity index (χ1n) is 10.2. The van der Waals surface area contributed by atoms with Gasteiger partial charge in [-0.25, -0.2) is 9.31 Å². The molecule has 3 aromatic heterocycles. The smallest absolute Gasteiger partial charge is 0.410 e. The van der Waals surface area contributed by atoms with E-state index in [1.165, 1.54) is 0 Å². The first-order valence-corrected chi connectivity index (χ1v) is 10.2. The molecule has 0 bridgehead atoms. The van der Waals surface area contributed by atoms with Gasteiger partial charge in [0.1, 0.15) is 6.10 Å². The summed E-state index contributed by atoms with van der Waals surface area (Å²) in [5.74, 6) is 0.680. The molecule has 1 aliphatic heterocycles. The van der Waals surface area contributed by atoms with Gasteiger partial charge >= 0.3 is 6.09 Å². The fourth-order valence-corrected chi connectivity index (χ4v) is 4.23. The fourth-order valence-electron chi connectivity index (χ4n) is 4.23. The third-order valence-electron chi connectivity index (χ3n) is 6.01. The lowest BCUT2D eigenvalue weighted by Crippen LogP contribution is -2.50. The van der Waals surface area contributed by atoms with Crippen LogP contribution in [0.1, 0.15) is 19.8 Å². The van der Waals surface area contributed by atoms with E-state index in [4.69, 9.17) is 4.74 Å². The maximum absolute atomic E-state index is 12.3. The molecule has 1 amide bonds.